The second-order valence-electron chi connectivity index (χ2n) is 4.42. The maximum atomic E-state index is 9.78. The van der Waals surface area contributed by atoms with Gasteiger partial charge in [-0.1, -0.05) is 5.21 Å². The van der Waals surface area contributed by atoms with Crippen molar-refractivity contribution in [2.75, 3.05) is 0 Å². The van der Waals surface area contributed by atoms with Gasteiger partial charge in [0.25, 0.3) is 0 Å². The Balaban J connectivity index is 2.03. The first-order valence-electron chi connectivity index (χ1n) is 6.01. The van der Waals surface area contributed by atoms with E-state index in [1.165, 1.54) is 41.2 Å². The number of hydrogen-bond donors (Lipinski definition) is 4. The summed E-state index contributed by atoms with van der Waals surface area (Å²) in [5, 5.41) is 45.8. The van der Waals surface area contributed by atoms with Crippen molar-refractivity contribution in [3.63, 3.8) is 0 Å². The molecule has 1 aromatic heterocycles. The fraction of sp³-hybridized carbons (Fsp3) is 0. The van der Waals surface area contributed by atoms with Crippen LogP contribution in [0.5, 0.6) is 23.0 Å². The van der Waals surface area contributed by atoms with E-state index in [4.69, 9.17) is 0 Å². The van der Waals surface area contributed by atoms with Crippen LogP contribution in [0.25, 0.3) is 16.9 Å². The maximum Gasteiger partial charge on any atom is 0.158 e. The number of rotatable bonds is 2. The van der Waals surface area contributed by atoms with Crippen molar-refractivity contribution in [2.45, 2.75) is 0 Å². The van der Waals surface area contributed by atoms with Gasteiger partial charge in [0.15, 0.2) is 11.5 Å². The van der Waals surface area contributed by atoms with Crippen molar-refractivity contribution < 1.29 is 20.4 Å². The van der Waals surface area contributed by atoms with Crippen LogP contribution in [0.4, 0.5) is 0 Å². The largest absolute Gasteiger partial charge is 0.508 e. The molecule has 0 saturated heterocycles. The average molecular weight is 285 g/mol. The summed E-state index contributed by atoms with van der Waals surface area (Å²) in [6.45, 7) is 0. The van der Waals surface area contributed by atoms with E-state index in [2.05, 4.69) is 10.3 Å². The quantitative estimate of drug-likeness (QED) is 0.421. The number of hydrogen-bond acceptors (Lipinski definition) is 6. The smallest absolute Gasteiger partial charge is 0.158 e. The maximum absolute atomic E-state index is 9.78. The standard InChI is InChI=1S/C14H11N3O4/c18-9-2-4-12(19)11(6-9)17-7-10(15-16-17)8-1-3-13(20)14(21)5-8/h1-7,18-21H. The zero-order valence-corrected chi connectivity index (χ0v) is 10.7. The molecule has 0 radical (unpaired) electrons. The van der Waals surface area contributed by atoms with Crippen molar-refractivity contribution >= 4 is 0 Å². The molecule has 0 aliphatic carbocycles. The minimum absolute atomic E-state index is 0.0119. The lowest BCUT2D eigenvalue weighted by atomic mass is 10.1. The fourth-order valence-electron chi connectivity index (χ4n) is 1.89. The van der Waals surface area contributed by atoms with E-state index in [1.54, 1.807) is 6.07 Å². The summed E-state index contributed by atoms with van der Waals surface area (Å²) in [6.07, 6.45) is 1.53. The van der Waals surface area contributed by atoms with Gasteiger partial charge >= 0.3 is 0 Å². The summed E-state index contributed by atoms with van der Waals surface area (Å²) >= 11 is 0. The Kier molecular flexibility index (Phi) is 2.87. The lowest BCUT2D eigenvalue weighted by molar-refractivity contribution is 0.404. The lowest BCUT2D eigenvalue weighted by Gasteiger charge is -2.03. The van der Waals surface area contributed by atoms with E-state index in [9.17, 15) is 20.4 Å². The third-order valence-electron chi connectivity index (χ3n) is 2.97. The third-order valence-corrected chi connectivity index (χ3v) is 2.97. The number of phenols is 4. The summed E-state index contributed by atoms with van der Waals surface area (Å²) in [5.41, 5.74) is 1.26. The van der Waals surface area contributed by atoms with Crippen molar-refractivity contribution in [1.29, 1.82) is 0 Å². The van der Waals surface area contributed by atoms with Crippen LogP contribution in [0, 0.1) is 0 Å². The molecule has 1 heterocycles. The van der Waals surface area contributed by atoms with Crippen LogP contribution in [0.15, 0.2) is 42.6 Å². The van der Waals surface area contributed by atoms with Crippen LogP contribution in [-0.2, 0) is 0 Å². The Morgan fingerprint density at radius 2 is 1.57 bits per heavy atom. The summed E-state index contributed by atoms with van der Waals surface area (Å²) in [7, 11) is 0. The van der Waals surface area contributed by atoms with Crippen molar-refractivity contribution in [1.82, 2.24) is 15.0 Å². The molecule has 7 heteroatoms. The number of nitrogens with zero attached hydrogens (tertiary/aromatic N) is 3. The highest BCUT2D eigenvalue weighted by Gasteiger charge is 2.11. The summed E-state index contributed by atoms with van der Waals surface area (Å²) in [5.74, 6) is -0.557. The topological polar surface area (TPSA) is 112 Å². The van der Waals surface area contributed by atoms with E-state index in [-0.39, 0.29) is 28.7 Å². The van der Waals surface area contributed by atoms with Gasteiger partial charge in [-0.05, 0) is 30.3 Å². The first kappa shape index (κ1) is 12.8. The molecule has 0 spiro atoms. The Labute approximate surface area is 119 Å². The zero-order valence-electron chi connectivity index (χ0n) is 10.7. The fourth-order valence-corrected chi connectivity index (χ4v) is 1.89. The number of aromatic nitrogens is 3. The minimum atomic E-state index is -0.262. The van der Waals surface area contributed by atoms with Crippen LogP contribution in [0.3, 0.4) is 0 Å². The molecule has 3 rings (SSSR count). The molecule has 21 heavy (non-hydrogen) atoms. The second-order valence-corrected chi connectivity index (χ2v) is 4.42. The molecular formula is C14H11N3O4. The van der Waals surface area contributed by atoms with Crippen LogP contribution >= 0.6 is 0 Å². The second kappa shape index (κ2) is 4.71. The number of benzene rings is 2. The molecule has 0 fully saturated rings. The molecule has 0 unspecified atom stereocenters. The van der Waals surface area contributed by atoms with Gasteiger partial charge in [-0.25, -0.2) is 4.68 Å². The van der Waals surface area contributed by atoms with Gasteiger partial charge in [0.1, 0.15) is 22.9 Å². The van der Waals surface area contributed by atoms with E-state index < -0.39 is 0 Å². The lowest BCUT2D eigenvalue weighted by Crippen LogP contribution is -1.95. The van der Waals surface area contributed by atoms with Crippen LogP contribution in [-0.4, -0.2) is 35.4 Å². The molecule has 4 N–H and O–H groups in total. The molecule has 7 nitrogen and oxygen atoms in total. The first-order chi connectivity index (χ1) is 10.0. The van der Waals surface area contributed by atoms with E-state index in [0.29, 0.717) is 11.3 Å². The number of phenolic OH excluding ortho intramolecular Hbond substituents is 4. The summed E-state index contributed by atoms with van der Waals surface area (Å²) in [6, 6.07) is 8.32. The predicted molar refractivity (Wildman–Crippen MR) is 73.5 cm³/mol. The minimum Gasteiger partial charge on any atom is -0.508 e. The first-order valence-corrected chi connectivity index (χ1v) is 6.01. The molecule has 0 amide bonds. The van der Waals surface area contributed by atoms with Gasteiger partial charge in [-0.3, -0.25) is 0 Å². The normalized spacial score (nSPS) is 10.7. The van der Waals surface area contributed by atoms with Crippen LogP contribution < -0.4 is 0 Å². The van der Waals surface area contributed by atoms with Gasteiger partial charge in [0.05, 0.1) is 6.20 Å². The van der Waals surface area contributed by atoms with Crippen molar-refractivity contribution in [3.05, 3.63) is 42.6 Å². The molecule has 0 atom stereocenters. The third kappa shape index (κ3) is 2.32. The SMILES string of the molecule is Oc1ccc(O)c(-n2cc(-c3ccc(O)c(O)c3)nn2)c1. The highest BCUT2D eigenvalue weighted by atomic mass is 16.3. The molecule has 3 aromatic rings. The van der Waals surface area contributed by atoms with Gasteiger partial charge in [0, 0.05) is 11.6 Å². The number of aromatic hydroxyl groups is 4. The molecule has 0 aliphatic rings. The van der Waals surface area contributed by atoms with E-state index in [0.717, 1.165) is 0 Å². The van der Waals surface area contributed by atoms with E-state index in [1.807, 2.05) is 0 Å². The van der Waals surface area contributed by atoms with Crippen molar-refractivity contribution in [2.24, 2.45) is 0 Å². The average Bonchev–Trinajstić information content (AvgIpc) is 2.94. The molecule has 2 aromatic carbocycles. The highest BCUT2D eigenvalue weighted by molar-refractivity contribution is 5.63. The Hall–Kier alpha value is -3.22. The van der Waals surface area contributed by atoms with Gasteiger partial charge in [0.2, 0.25) is 0 Å². The Bertz CT molecular complexity index is 814. The molecule has 0 saturated carbocycles. The Morgan fingerprint density at radius 1 is 0.810 bits per heavy atom. The van der Waals surface area contributed by atoms with Gasteiger partial charge in [-0.2, -0.15) is 0 Å². The zero-order chi connectivity index (χ0) is 15.0. The van der Waals surface area contributed by atoms with E-state index >= 15 is 0 Å². The van der Waals surface area contributed by atoms with Gasteiger partial charge < -0.3 is 20.4 Å². The monoisotopic (exact) mass is 285 g/mol. The summed E-state index contributed by atoms with van der Waals surface area (Å²) in [4.78, 5) is 0. The highest BCUT2D eigenvalue weighted by Crippen LogP contribution is 2.30. The molecular weight excluding hydrogens is 274 g/mol. The molecule has 0 aliphatic heterocycles. The molecule has 0 bridgehead atoms. The Morgan fingerprint density at radius 3 is 2.33 bits per heavy atom. The molecule has 106 valence electrons. The van der Waals surface area contributed by atoms with Crippen LogP contribution in [0.1, 0.15) is 0 Å². The van der Waals surface area contributed by atoms with Gasteiger partial charge in [-0.15, -0.1) is 5.10 Å². The van der Waals surface area contributed by atoms with Crippen molar-refractivity contribution in [3.8, 4) is 39.9 Å². The van der Waals surface area contributed by atoms with Crippen LogP contribution in [0.2, 0.25) is 0 Å². The summed E-state index contributed by atoms with van der Waals surface area (Å²) < 4.78 is 1.30. The predicted octanol–water partition coefficient (Wildman–Crippen LogP) is 1.76.